The predicted molar refractivity (Wildman–Crippen MR) is 70.9 cm³/mol. The van der Waals surface area contributed by atoms with E-state index in [9.17, 15) is 9.59 Å². The summed E-state index contributed by atoms with van der Waals surface area (Å²) in [6, 6.07) is 5.27. The highest BCUT2D eigenvalue weighted by molar-refractivity contribution is 6.09. The van der Waals surface area contributed by atoms with Gasteiger partial charge in [-0.05, 0) is 32.0 Å². The second kappa shape index (κ2) is 4.38. The Bertz CT molecular complexity index is 645. The Kier molecular flexibility index (Phi) is 3.01. The van der Waals surface area contributed by atoms with Gasteiger partial charge in [0.05, 0.1) is 17.4 Å². The first-order chi connectivity index (χ1) is 8.84. The van der Waals surface area contributed by atoms with Crippen LogP contribution in [-0.4, -0.2) is 34.0 Å². The van der Waals surface area contributed by atoms with Crippen LogP contribution in [0.25, 0.3) is 11.0 Å². The van der Waals surface area contributed by atoms with Crippen LogP contribution in [-0.2, 0) is 9.59 Å². The Morgan fingerprint density at radius 1 is 1.37 bits per heavy atom. The maximum atomic E-state index is 12.2. The van der Waals surface area contributed by atoms with Crippen LogP contribution in [0, 0.1) is 5.41 Å². The van der Waals surface area contributed by atoms with Crippen LogP contribution in [0.2, 0.25) is 0 Å². The molecule has 1 aromatic heterocycles. The first kappa shape index (κ1) is 13.1. The molecule has 0 aliphatic carbocycles. The molecule has 0 fully saturated rings. The van der Waals surface area contributed by atoms with Crippen molar-refractivity contribution in [1.82, 2.24) is 9.97 Å². The summed E-state index contributed by atoms with van der Waals surface area (Å²) in [7, 11) is 1.56. The molecular weight excluding hydrogens is 246 g/mol. The largest absolute Gasteiger partial charge is 0.480 e. The topological polar surface area (TPSA) is 86.3 Å². The maximum Gasteiger partial charge on any atom is 0.318 e. The first-order valence-corrected chi connectivity index (χ1v) is 5.78. The van der Waals surface area contributed by atoms with E-state index in [2.05, 4.69) is 9.97 Å². The molecule has 0 saturated heterocycles. The molecule has 2 aromatic rings. The fraction of sp³-hybridized carbons (Fsp3) is 0.308. The van der Waals surface area contributed by atoms with E-state index in [1.165, 1.54) is 18.7 Å². The number of carboxylic acids is 1. The minimum absolute atomic E-state index is 0.473. The Labute approximate surface area is 110 Å². The number of rotatable bonds is 3. The number of H-pyrrole nitrogens is 1. The molecule has 0 bridgehead atoms. The first-order valence-electron chi connectivity index (χ1n) is 5.78. The lowest BCUT2D eigenvalue weighted by atomic mass is 9.92. The van der Waals surface area contributed by atoms with Crippen LogP contribution in [0.3, 0.4) is 0 Å². The van der Waals surface area contributed by atoms with E-state index in [1.54, 1.807) is 31.6 Å². The molecule has 1 aromatic carbocycles. The van der Waals surface area contributed by atoms with E-state index in [0.29, 0.717) is 5.69 Å². The highest BCUT2D eigenvalue weighted by Gasteiger charge is 2.38. The lowest BCUT2D eigenvalue weighted by Crippen LogP contribution is -2.43. The number of nitrogens with one attached hydrogen (secondary N) is 1. The number of hydrogen-bond acceptors (Lipinski definition) is 3. The number of aromatic nitrogens is 2. The molecule has 2 rings (SSSR count). The SMILES string of the molecule is CN(C(=O)C(C)(C)C(=O)O)c1ccc2nc[nH]c2c1. The van der Waals surface area contributed by atoms with E-state index >= 15 is 0 Å². The van der Waals surface area contributed by atoms with Crippen LogP contribution in [0.1, 0.15) is 13.8 Å². The van der Waals surface area contributed by atoms with Gasteiger partial charge in [0.2, 0.25) is 5.91 Å². The van der Waals surface area contributed by atoms with Crippen molar-refractivity contribution in [3.63, 3.8) is 0 Å². The van der Waals surface area contributed by atoms with Crippen molar-refractivity contribution < 1.29 is 14.7 Å². The van der Waals surface area contributed by atoms with Crippen molar-refractivity contribution in [1.29, 1.82) is 0 Å². The van der Waals surface area contributed by atoms with E-state index in [4.69, 9.17) is 5.11 Å². The van der Waals surface area contributed by atoms with Gasteiger partial charge in [0.15, 0.2) is 0 Å². The number of imidazole rings is 1. The molecule has 6 nitrogen and oxygen atoms in total. The minimum atomic E-state index is -1.46. The zero-order valence-corrected chi connectivity index (χ0v) is 11.0. The molecule has 0 aliphatic heterocycles. The zero-order valence-electron chi connectivity index (χ0n) is 11.0. The van der Waals surface area contributed by atoms with Crippen molar-refractivity contribution in [2.24, 2.45) is 5.41 Å². The standard InChI is InChI=1S/C13H15N3O3/c1-13(2,12(18)19)11(17)16(3)8-4-5-9-10(6-8)15-7-14-9/h4-7H,1-3H3,(H,14,15)(H,18,19). The van der Waals surface area contributed by atoms with Gasteiger partial charge in [0.25, 0.3) is 0 Å². The Morgan fingerprint density at radius 3 is 2.68 bits per heavy atom. The molecule has 0 unspecified atom stereocenters. The number of carbonyl (C=O) groups is 2. The number of aliphatic carboxylic acids is 1. The third kappa shape index (κ3) is 2.16. The van der Waals surface area contributed by atoms with Crippen LogP contribution in [0.4, 0.5) is 5.69 Å². The highest BCUT2D eigenvalue weighted by Crippen LogP contribution is 2.25. The summed E-state index contributed by atoms with van der Waals surface area (Å²) < 4.78 is 0. The van der Waals surface area contributed by atoms with Crippen LogP contribution in [0.15, 0.2) is 24.5 Å². The van der Waals surface area contributed by atoms with E-state index in [1.807, 2.05) is 0 Å². The number of amides is 1. The smallest absolute Gasteiger partial charge is 0.318 e. The average molecular weight is 261 g/mol. The second-order valence-corrected chi connectivity index (χ2v) is 4.90. The average Bonchev–Trinajstić information content (AvgIpc) is 2.83. The van der Waals surface area contributed by atoms with Crippen LogP contribution >= 0.6 is 0 Å². The highest BCUT2D eigenvalue weighted by atomic mass is 16.4. The molecule has 0 radical (unpaired) electrons. The van der Waals surface area contributed by atoms with Gasteiger partial charge in [-0.2, -0.15) is 0 Å². The number of carboxylic acid groups (broad SMARTS) is 1. The normalized spacial score (nSPS) is 11.5. The number of anilines is 1. The number of fused-ring (bicyclic) bond motifs is 1. The van der Waals surface area contributed by atoms with Gasteiger partial charge in [-0.25, -0.2) is 4.98 Å². The summed E-state index contributed by atoms with van der Waals surface area (Å²) in [5.74, 6) is -1.62. The van der Waals surface area contributed by atoms with Gasteiger partial charge >= 0.3 is 5.97 Å². The number of benzene rings is 1. The number of carbonyl (C=O) groups excluding carboxylic acids is 1. The molecule has 0 saturated carbocycles. The Balaban J connectivity index is 2.35. The third-order valence-corrected chi connectivity index (χ3v) is 3.17. The molecular formula is C13H15N3O3. The van der Waals surface area contributed by atoms with E-state index < -0.39 is 17.3 Å². The lowest BCUT2D eigenvalue weighted by molar-refractivity contribution is -0.152. The van der Waals surface area contributed by atoms with Crippen LogP contribution < -0.4 is 4.90 Å². The fourth-order valence-electron chi connectivity index (χ4n) is 1.76. The molecule has 0 aliphatic rings. The zero-order chi connectivity index (χ0) is 14.2. The second-order valence-electron chi connectivity index (χ2n) is 4.90. The third-order valence-electron chi connectivity index (χ3n) is 3.17. The molecule has 6 heteroatoms. The van der Waals surface area contributed by atoms with Gasteiger partial charge < -0.3 is 15.0 Å². The van der Waals surface area contributed by atoms with Crippen LogP contribution in [0.5, 0.6) is 0 Å². The Morgan fingerprint density at radius 2 is 2.05 bits per heavy atom. The molecule has 0 atom stereocenters. The fourth-order valence-corrected chi connectivity index (χ4v) is 1.76. The summed E-state index contributed by atoms with van der Waals surface area (Å²) in [6.07, 6.45) is 1.57. The van der Waals surface area contributed by atoms with Crippen molar-refractivity contribution >= 4 is 28.6 Å². The summed E-state index contributed by atoms with van der Waals surface area (Å²) in [4.78, 5) is 31.7. The van der Waals surface area contributed by atoms with Gasteiger partial charge in [0, 0.05) is 12.7 Å². The van der Waals surface area contributed by atoms with E-state index in [-0.39, 0.29) is 0 Å². The molecule has 19 heavy (non-hydrogen) atoms. The molecule has 100 valence electrons. The van der Waals surface area contributed by atoms with Crippen molar-refractivity contribution in [2.45, 2.75) is 13.8 Å². The van der Waals surface area contributed by atoms with Gasteiger partial charge in [-0.15, -0.1) is 0 Å². The van der Waals surface area contributed by atoms with Gasteiger partial charge in [-0.1, -0.05) is 0 Å². The number of nitrogens with zero attached hydrogens (tertiary/aromatic N) is 2. The quantitative estimate of drug-likeness (QED) is 0.822. The lowest BCUT2D eigenvalue weighted by Gasteiger charge is -2.26. The molecule has 1 heterocycles. The summed E-state index contributed by atoms with van der Waals surface area (Å²) in [5.41, 5.74) is 0.751. The summed E-state index contributed by atoms with van der Waals surface area (Å²) in [5, 5.41) is 9.08. The monoisotopic (exact) mass is 261 g/mol. The molecule has 0 spiro atoms. The molecule has 1 amide bonds. The van der Waals surface area contributed by atoms with Gasteiger partial charge in [-0.3, -0.25) is 9.59 Å². The molecule has 2 N–H and O–H groups in total. The number of hydrogen-bond donors (Lipinski definition) is 2. The van der Waals surface area contributed by atoms with Crippen molar-refractivity contribution in [3.8, 4) is 0 Å². The van der Waals surface area contributed by atoms with Gasteiger partial charge in [0.1, 0.15) is 5.41 Å². The minimum Gasteiger partial charge on any atom is -0.480 e. The van der Waals surface area contributed by atoms with Crippen molar-refractivity contribution in [3.05, 3.63) is 24.5 Å². The van der Waals surface area contributed by atoms with E-state index in [0.717, 1.165) is 11.0 Å². The Hall–Kier alpha value is -2.37. The van der Waals surface area contributed by atoms with Crippen molar-refractivity contribution in [2.75, 3.05) is 11.9 Å². The predicted octanol–water partition coefficient (Wildman–Crippen LogP) is 1.64. The maximum absolute atomic E-state index is 12.2. The number of aromatic amines is 1. The summed E-state index contributed by atoms with van der Waals surface area (Å²) in [6.45, 7) is 2.78. The summed E-state index contributed by atoms with van der Waals surface area (Å²) >= 11 is 0.